The van der Waals surface area contributed by atoms with Crippen molar-refractivity contribution in [2.45, 2.75) is 37.5 Å². The summed E-state index contributed by atoms with van der Waals surface area (Å²) in [6.07, 6.45) is 3.46. The Labute approximate surface area is 194 Å². The number of carbonyl (C=O) groups is 1. The van der Waals surface area contributed by atoms with E-state index in [-0.39, 0.29) is 23.5 Å². The van der Waals surface area contributed by atoms with E-state index in [1.807, 2.05) is 41.3 Å². The first-order chi connectivity index (χ1) is 16.1. The first-order valence-electron chi connectivity index (χ1n) is 11.7. The Hall–Kier alpha value is -3.47. The van der Waals surface area contributed by atoms with Gasteiger partial charge in [0.05, 0.1) is 6.54 Å². The highest BCUT2D eigenvalue weighted by atomic mass is 16.5. The quantitative estimate of drug-likeness (QED) is 0.565. The van der Waals surface area contributed by atoms with Gasteiger partial charge in [0.15, 0.2) is 0 Å². The highest BCUT2D eigenvalue weighted by molar-refractivity contribution is 5.78. The molecule has 1 aliphatic carbocycles. The number of hydrogen-bond donors (Lipinski definition) is 2. The summed E-state index contributed by atoms with van der Waals surface area (Å²) in [4.78, 5) is 13.6. The zero-order valence-electron chi connectivity index (χ0n) is 18.6. The van der Waals surface area contributed by atoms with E-state index in [1.165, 1.54) is 22.3 Å². The summed E-state index contributed by atoms with van der Waals surface area (Å²) in [6.45, 7) is 1.95. The van der Waals surface area contributed by atoms with E-state index >= 15 is 0 Å². The molecule has 0 bridgehead atoms. The van der Waals surface area contributed by atoms with Gasteiger partial charge in [-0.1, -0.05) is 30.3 Å². The molecule has 1 aliphatic heterocycles. The summed E-state index contributed by atoms with van der Waals surface area (Å²) >= 11 is 0. The number of aryl methyl sites for hydroxylation is 1. The molecular weight excluding hydrogens is 414 g/mol. The Morgan fingerprint density at radius 1 is 0.879 bits per heavy atom. The molecule has 1 saturated heterocycles. The highest BCUT2D eigenvalue weighted by Gasteiger charge is 2.32. The number of phenols is 2. The van der Waals surface area contributed by atoms with Gasteiger partial charge < -0.3 is 19.8 Å². The predicted octanol–water partition coefficient (Wildman–Crippen LogP) is 4.96. The third-order valence-corrected chi connectivity index (χ3v) is 6.95. The van der Waals surface area contributed by atoms with Crippen LogP contribution >= 0.6 is 0 Å². The van der Waals surface area contributed by atoms with Gasteiger partial charge in [0.2, 0.25) is 5.91 Å². The molecule has 5 heteroatoms. The number of aromatic hydroxyl groups is 2. The second-order valence-corrected chi connectivity index (χ2v) is 9.00. The number of benzene rings is 3. The molecule has 1 amide bonds. The molecule has 0 unspecified atom stereocenters. The summed E-state index contributed by atoms with van der Waals surface area (Å²) in [6, 6.07) is 21.5. The van der Waals surface area contributed by atoms with E-state index in [4.69, 9.17) is 4.74 Å². The minimum absolute atomic E-state index is 0.148. The molecule has 170 valence electrons. The van der Waals surface area contributed by atoms with Crippen LogP contribution < -0.4 is 4.74 Å². The van der Waals surface area contributed by atoms with Gasteiger partial charge in [0.1, 0.15) is 23.9 Å². The molecule has 0 aromatic heterocycles. The first-order valence-corrected chi connectivity index (χ1v) is 11.7. The third-order valence-electron chi connectivity index (χ3n) is 6.95. The maximum absolute atomic E-state index is 11.8. The topological polar surface area (TPSA) is 70.0 Å². The van der Waals surface area contributed by atoms with Gasteiger partial charge in [-0.15, -0.1) is 0 Å². The number of carbonyl (C=O) groups excluding carboxylic acids is 1. The van der Waals surface area contributed by atoms with Crippen molar-refractivity contribution < 1.29 is 19.7 Å². The molecule has 2 atom stereocenters. The summed E-state index contributed by atoms with van der Waals surface area (Å²) < 4.78 is 5.91. The summed E-state index contributed by atoms with van der Waals surface area (Å²) in [5.74, 6) is 2.01. The number of amides is 1. The third kappa shape index (κ3) is 4.54. The van der Waals surface area contributed by atoms with Crippen LogP contribution in [-0.4, -0.2) is 40.7 Å². The van der Waals surface area contributed by atoms with Gasteiger partial charge in [-0.2, -0.15) is 0 Å². The van der Waals surface area contributed by atoms with E-state index in [2.05, 4.69) is 12.1 Å². The van der Waals surface area contributed by atoms with Crippen molar-refractivity contribution >= 4 is 5.91 Å². The minimum atomic E-state index is 0.148. The number of hydrogen-bond acceptors (Lipinski definition) is 4. The Morgan fingerprint density at radius 3 is 2.33 bits per heavy atom. The van der Waals surface area contributed by atoms with Crippen LogP contribution in [0, 0.1) is 0 Å². The summed E-state index contributed by atoms with van der Waals surface area (Å²) in [7, 11) is 0. The van der Waals surface area contributed by atoms with E-state index < -0.39 is 0 Å². The predicted molar refractivity (Wildman–Crippen MR) is 127 cm³/mol. The molecule has 3 aromatic rings. The maximum Gasteiger partial charge on any atom is 0.222 e. The van der Waals surface area contributed by atoms with Crippen LogP contribution in [0.5, 0.6) is 17.2 Å². The molecule has 1 heterocycles. The zero-order chi connectivity index (χ0) is 22.8. The van der Waals surface area contributed by atoms with Crippen LogP contribution in [0.1, 0.15) is 53.4 Å². The minimum Gasteiger partial charge on any atom is -0.508 e. The zero-order valence-corrected chi connectivity index (χ0v) is 18.6. The van der Waals surface area contributed by atoms with Crippen molar-refractivity contribution in [2.24, 2.45) is 0 Å². The second kappa shape index (κ2) is 9.18. The second-order valence-electron chi connectivity index (χ2n) is 9.00. The number of ether oxygens (including phenoxy) is 1. The molecular formula is C28H29NO4. The van der Waals surface area contributed by atoms with Crippen LogP contribution in [0.2, 0.25) is 0 Å². The Morgan fingerprint density at radius 2 is 1.61 bits per heavy atom. The van der Waals surface area contributed by atoms with E-state index in [0.29, 0.717) is 25.3 Å². The van der Waals surface area contributed by atoms with E-state index in [1.54, 1.807) is 18.2 Å². The van der Waals surface area contributed by atoms with E-state index in [0.717, 1.165) is 31.6 Å². The molecule has 0 radical (unpaired) electrons. The molecule has 2 N–H and O–H groups in total. The van der Waals surface area contributed by atoms with Crippen LogP contribution in [0.15, 0.2) is 66.7 Å². The van der Waals surface area contributed by atoms with Crippen molar-refractivity contribution in [2.75, 3.05) is 19.7 Å². The highest BCUT2D eigenvalue weighted by Crippen LogP contribution is 2.47. The standard InChI is InChI=1S/C28H29NO4/c30-22-8-3-19(4-9-22)25-13-7-21-18-23(31)10-14-26(21)28(25)20-5-11-24(12-6-20)33-17-16-29-15-1-2-27(29)32/h3-6,8-12,14,18,25,28,30-31H,1-2,7,13,15-17H2/t25-,28+/m1/s1. The number of likely N-dealkylation sites (tertiary alicyclic amines) is 1. The molecule has 0 spiro atoms. The van der Waals surface area contributed by atoms with Gasteiger partial charge in [-0.05, 0) is 83.8 Å². The molecule has 2 aliphatic rings. The molecule has 0 saturated carbocycles. The van der Waals surface area contributed by atoms with Crippen molar-refractivity contribution in [1.29, 1.82) is 0 Å². The van der Waals surface area contributed by atoms with Crippen LogP contribution in [0.25, 0.3) is 0 Å². The van der Waals surface area contributed by atoms with Gasteiger partial charge >= 0.3 is 0 Å². The van der Waals surface area contributed by atoms with Gasteiger partial charge in [-0.3, -0.25) is 4.79 Å². The molecule has 5 nitrogen and oxygen atoms in total. The monoisotopic (exact) mass is 443 g/mol. The largest absolute Gasteiger partial charge is 0.508 e. The number of rotatable bonds is 6. The van der Waals surface area contributed by atoms with E-state index in [9.17, 15) is 15.0 Å². The van der Waals surface area contributed by atoms with Crippen molar-refractivity contribution in [3.63, 3.8) is 0 Å². The average Bonchev–Trinajstić information content (AvgIpc) is 3.24. The smallest absolute Gasteiger partial charge is 0.222 e. The lowest BCUT2D eigenvalue weighted by Crippen LogP contribution is -2.29. The lowest BCUT2D eigenvalue weighted by atomic mass is 9.69. The van der Waals surface area contributed by atoms with Crippen molar-refractivity contribution in [1.82, 2.24) is 4.90 Å². The molecule has 1 fully saturated rings. The van der Waals surface area contributed by atoms with Gasteiger partial charge in [-0.25, -0.2) is 0 Å². The Kier molecular flexibility index (Phi) is 5.95. The SMILES string of the molecule is O=C1CCCN1CCOc1ccc([C@@H]2c3ccc(O)cc3CC[C@@H]2c2ccc(O)cc2)cc1. The molecule has 5 rings (SSSR count). The molecule has 3 aromatic carbocycles. The van der Waals surface area contributed by atoms with Crippen LogP contribution in [0.3, 0.4) is 0 Å². The maximum atomic E-state index is 11.8. The fourth-order valence-electron chi connectivity index (χ4n) is 5.28. The normalized spacial score (nSPS) is 20.0. The van der Waals surface area contributed by atoms with Crippen LogP contribution in [-0.2, 0) is 11.2 Å². The average molecular weight is 444 g/mol. The summed E-state index contributed by atoms with van der Waals surface area (Å²) in [5.41, 5.74) is 4.82. The summed E-state index contributed by atoms with van der Waals surface area (Å²) in [5, 5.41) is 19.8. The number of fused-ring (bicyclic) bond motifs is 1. The fourth-order valence-corrected chi connectivity index (χ4v) is 5.28. The Bertz CT molecular complexity index is 1120. The number of nitrogens with zero attached hydrogens (tertiary/aromatic N) is 1. The van der Waals surface area contributed by atoms with Gasteiger partial charge in [0.25, 0.3) is 0 Å². The lowest BCUT2D eigenvalue weighted by molar-refractivity contribution is -0.128. The first kappa shape index (κ1) is 21.4. The van der Waals surface area contributed by atoms with Gasteiger partial charge in [0, 0.05) is 18.9 Å². The number of phenolic OH excluding ortho intramolecular Hbond substituents is 2. The lowest BCUT2D eigenvalue weighted by Gasteiger charge is -2.35. The fraction of sp³-hybridized carbons (Fsp3) is 0.321. The molecule has 33 heavy (non-hydrogen) atoms. The van der Waals surface area contributed by atoms with Crippen molar-refractivity contribution in [3.05, 3.63) is 89.0 Å². The Balaban J connectivity index is 1.38. The van der Waals surface area contributed by atoms with Crippen LogP contribution in [0.4, 0.5) is 0 Å². The van der Waals surface area contributed by atoms with Crippen molar-refractivity contribution in [3.8, 4) is 17.2 Å².